The van der Waals surface area contributed by atoms with Gasteiger partial charge in [-0.15, -0.1) is 0 Å². The van der Waals surface area contributed by atoms with Crippen molar-refractivity contribution in [1.29, 1.82) is 0 Å². The largest absolute Gasteiger partial charge is 0.369 e. The van der Waals surface area contributed by atoms with Gasteiger partial charge in [0.1, 0.15) is 11.6 Å². The molecule has 0 saturated carbocycles. The molecule has 1 aliphatic heterocycles. The summed E-state index contributed by atoms with van der Waals surface area (Å²) in [5, 5.41) is 7.13. The number of aryl methyl sites for hydroxylation is 1. The number of H-pyrrole nitrogens is 1. The predicted octanol–water partition coefficient (Wildman–Crippen LogP) is 4.52. The van der Waals surface area contributed by atoms with E-state index in [1.54, 1.807) is 25.3 Å². The molecule has 4 heterocycles. The maximum atomic E-state index is 13.6. The number of nitrogens with zero attached hydrogens (tertiary/aromatic N) is 6. The average molecular weight is 485 g/mol. The molecule has 0 unspecified atom stereocenters. The fourth-order valence-electron chi connectivity index (χ4n) is 4.47. The Bertz CT molecular complexity index is 1500. The van der Waals surface area contributed by atoms with Crippen LogP contribution >= 0.6 is 0 Å². The van der Waals surface area contributed by atoms with Gasteiger partial charge < -0.3 is 19.7 Å². The number of imidazole rings is 1. The first-order valence-electron chi connectivity index (χ1n) is 11.8. The van der Waals surface area contributed by atoms with E-state index in [2.05, 4.69) is 40.2 Å². The normalized spacial score (nSPS) is 14.4. The quantitative estimate of drug-likeness (QED) is 0.363. The number of anilines is 3. The van der Waals surface area contributed by atoms with Crippen LogP contribution in [0, 0.1) is 12.7 Å². The number of aromatic nitrogens is 5. The first-order chi connectivity index (χ1) is 17.6. The Hall–Kier alpha value is -4.31. The molecule has 0 atom stereocenters. The van der Waals surface area contributed by atoms with E-state index >= 15 is 0 Å². The molecular weight excluding hydrogens is 459 g/mol. The number of benzene rings is 2. The molecule has 36 heavy (non-hydrogen) atoms. The molecule has 0 amide bonds. The van der Waals surface area contributed by atoms with Gasteiger partial charge in [0.05, 0.1) is 11.0 Å². The molecule has 0 aliphatic carbocycles. The molecule has 6 rings (SSSR count). The van der Waals surface area contributed by atoms with Gasteiger partial charge in [0.25, 0.3) is 5.89 Å². The minimum atomic E-state index is -0.196. The molecule has 3 aromatic heterocycles. The van der Waals surface area contributed by atoms with Crippen molar-refractivity contribution in [3.05, 3.63) is 78.0 Å². The summed E-state index contributed by atoms with van der Waals surface area (Å²) in [4.78, 5) is 21.3. The molecule has 1 fully saturated rings. The number of piperazine rings is 1. The summed E-state index contributed by atoms with van der Waals surface area (Å²) in [6.07, 6.45) is 1.80. The van der Waals surface area contributed by atoms with E-state index in [1.165, 1.54) is 6.07 Å². The Morgan fingerprint density at radius 1 is 1.03 bits per heavy atom. The van der Waals surface area contributed by atoms with Crippen LogP contribution in [0.15, 0.2) is 65.3 Å². The van der Waals surface area contributed by atoms with Crippen LogP contribution in [0.1, 0.15) is 11.4 Å². The number of aromatic amines is 1. The lowest BCUT2D eigenvalue weighted by molar-refractivity contribution is 0.250. The monoisotopic (exact) mass is 484 g/mol. The highest BCUT2D eigenvalue weighted by atomic mass is 19.1. The molecule has 9 nitrogen and oxygen atoms in total. The average Bonchev–Trinajstić information content (AvgIpc) is 3.49. The van der Waals surface area contributed by atoms with Crippen LogP contribution in [0.3, 0.4) is 0 Å². The van der Waals surface area contributed by atoms with Crippen molar-refractivity contribution in [2.75, 3.05) is 36.4 Å². The van der Waals surface area contributed by atoms with Crippen LogP contribution in [-0.4, -0.2) is 56.2 Å². The zero-order chi connectivity index (χ0) is 24.5. The summed E-state index contributed by atoms with van der Waals surface area (Å²) in [5.74, 6) is 2.20. The molecule has 10 heteroatoms. The fraction of sp³-hybridized carbons (Fsp3) is 0.231. The number of rotatable bonds is 6. The van der Waals surface area contributed by atoms with Gasteiger partial charge in [-0.1, -0.05) is 11.2 Å². The lowest BCUT2D eigenvalue weighted by atomic mass is 10.2. The third kappa shape index (κ3) is 4.76. The van der Waals surface area contributed by atoms with Crippen molar-refractivity contribution in [2.24, 2.45) is 0 Å². The summed E-state index contributed by atoms with van der Waals surface area (Å²) in [6.45, 7) is 6.16. The smallest absolute Gasteiger partial charge is 0.257 e. The second-order valence-corrected chi connectivity index (χ2v) is 8.88. The highest BCUT2D eigenvalue weighted by Gasteiger charge is 2.18. The van der Waals surface area contributed by atoms with Gasteiger partial charge in [0.2, 0.25) is 5.95 Å². The van der Waals surface area contributed by atoms with Crippen LogP contribution in [0.25, 0.3) is 22.5 Å². The van der Waals surface area contributed by atoms with Crippen molar-refractivity contribution in [3.63, 3.8) is 0 Å². The number of pyridine rings is 1. The first kappa shape index (κ1) is 22.2. The zero-order valence-corrected chi connectivity index (χ0v) is 19.8. The number of nitrogens with one attached hydrogen (secondary N) is 2. The van der Waals surface area contributed by atoms with E-state index in [9.17, 15) is 4.39 Å². The lowest BCUT2D eigenvalue weighted by Crippen LogP contribution is -2.46. The van der Waals surface area contributed by atoms with E-state index in [-0.39, 0.29) is 5.82 Å². The van der Waals surface area contributed by atoms with Crippen molar-refractivity contribution in [3.8, 4) is 11.5 Å². The van der Waals surface area contributed by atoms with Crippen LogP contribution in [0.4, 0.5) is 21.8 Å². The number of halogens is 1. The third-order valence-corrected chi connectivity index (χ3v) is 6.28. The topological polar surface area (TPSA) is 99.0 Å². The number of hydrogen-bond donors (Lipinski definition) is 2. The minimum absolute atomic E-state index is 0.196. The SMILES string of the molecule is Cc1noc(-c2ccc3nc(Nc4cc(CN5CCN(c6cccc(F)c6)CC5)ccn4)[nH]c3c2)n1. The molecule has 0 bridgehead atoms. The van der Waals surface area contributed by atoms with Gasteiger partial charge >= 0.3 is 0 Å². The Morgan fingerprint density at radius 2 is 1.92 bits per heavy atom. The predicted molar refractivity (Wildman–Crippen MR) is 136 cm³/mol. The number of fused-ring (bicyclic) bond motifs is 1. The van der Waals surface area contributed by atoms with Crippen LogP contribution in [0.5, 0.6) is 0 Å². The molecule has 1 aliphatic rings. The maximum absolute atomic E-state index is 13.6. The lowest BCUT2D eigenvalue weighted by Gasteiger charge is -2.36. The summed E-state index contributed by atoms with van der Waals surface area (Å²) < 4.78 is 18.8. The van der Waals surface area contributed by atoms with Gasteiger partial charge in [-0.05, 0) is 61.0 Å². The van der Waals surface area contributed by atoms with E-state index in [1.807, 2.05) is 36.4 Å². The fourth-order valence-corrected chi connectivity index (χ4v) is 4.47. The summed E-state index contributed by atoms with van der Waals surface area (Å²) in [6, 6.07) is 16.6. The summed E-state index contributed by atoms with van der Waals surface area (Å²) in [7, 11) is 0. The molecule has 0 radical (unpaired) electrons. The standard InChI is InChI=1S/C26H25FN8O/c1-17-29-25(36-33-17)19-5-6-22-23(14-19)31-26(30-22)32-24-13-18(7-8-28-24)16-34-9-11-35(12-10-34)21-4-2-3-20(27)15-21/h2-8,13-15H,9-12,16H2,1H3,(H2,28,30,31,32). The molecule has 5 aromatic rings. The molecular formula is C26H25FN8O. The first-order valence-corrected chi connectivity index (χ1v) is 11.8. The third-order valence-electron chi connectivity index (χ3n) is 6.28. The second-order valence-electron chi connectivity index (χ2n) is 8.88. The van der Waals surface area contributed by atoms with Crippen molar-refractivity contribution in [2.45, 2.75) is 13.5 Å². The highest BCUT2D eigenvalue weighted by Crippen LogP contribution is 2.24. The summed E-state index contributed by atoms with van der Waals surface area (Å²) >= 11 is 0. The molecule has 2 aromatic carbocycles. The number of hydrogen-bond acceptors (Lipinski definition) is 8. The Labute approximate surface area is 207 Å². The van der Waals surface area contributed by atoms with Gasteiger partial charge in [-0.2, -0.15) is 4.98 Å². The van der Waals surface area contributed by atoms with Gasteiger partial charge in [-0.3, -0.25) is 4.90 Å². The van der Waals surface area contributed by atoms with Crippen LogP contribution < -0.4 is 10.2 Å². The van der Waals surface area contributed by atoms with E-state index in [0.717, 1.165) is 66.4 Å². The Kier molecular flexibility index (Phi) is 5.78. The Morgan fingerprint density at radius 3 is 2.72 bits per heavy atom. The molecule has 1 saturated heterocycles. The van der Waals surface area contributed by atoms with E-state index in [0.29, 0.717) is 17.7 Å². The summed E-state index contributed by atoms with van der Waals surface area (Å²) in [5.41, 5.74) is 4.62. The zero-order valence-electron chi connectivity index (χ0n) is 19.8. The minimum Gasteiger partial charge on any atom is -0.369 e. The molecule has 0 spiro atoms. The second kappa shape index (κ2) is 9.38. The molecule has 182 valence electrons. The van der Waals surface area contributed by atoms with Gasteiger partial charge in [-0.25, -0.2) is 14.4 Å². The van der Waals surface area contributed by atoms with E-state index in [4.69, 9.17) is 4.52 Å². The van der Waals surface area contributed by atoms with E-state index < -0.39 is 0 Å². The van der Waals surface area contributed by atoms with Crippen molar-refractivity contribution < 1.29 is 8.91 Å². The molecule has 2 N–H and O–H groups in total. The highest BCUT2D eigenvalue weighted by molar-refractivity contribution is 5.82. The van der Waals surface area contributed by atoms with Gasteiger partial charge in [0, 0.05) is 50.2 Å². The van der Waals surface area contributed by atoms with Crippen molar-refractivity contribution >= 4 is 28.5 Å². The van der Waals surface area contributed by atoms with Crippen molar-refractivity contribution in [1.82, 2.24) is 30.0 Å². The van der Waals surface area contributed by atoms with Crippen LogP contribution in [0.2, 0.25) is 0 Å². The Balaban J connectivity index is 1.10. The van der Waals surface area contributed by atoms with Crippen LogP contribution in [-0.2, 0) is 6.54 Å². The maximum Gasteiger partial charge on any atom is 0.257 e. The van der Waals surface area contributed by atoms with Gasteiger partial charge in [0.15, 0.2) is 5.82 Å².